The highest BCUT2D eigenvalue weighted by molar-refractivity contribution is 6.11. The van der Waals surface area contributed by atoms with Gasteiger partial charge in [-0.05, 0) is 42.8 Å². The number of hydrogen-bond acceptors (Lipinski definition) is 5. The maximum atomic E-state index is 13.6. The molecule has 1 fully saturated rings. The van der Waals surface area contributed by atoms with Crippen molar-refractivity contribution >= 4 is 34.3 Å². The summed E-state index contributed by atoms with van der Waals surface area (Å²) in [7, 11) is 0. The van der Waals surface area contributed by atoms with Crippen LogP contribution in [-0.2, 0) is 9.59 Å². The molecule has 176 valence electrons. The molecule has 3 amide bonds. The summed E-state index contributed by atoms with van der Waals surface area (Å²) < 4.78 is 32.2. The highest BCUT2D eigenvalue weighted by Gasteiger charge is 2.38. The summed E-state index contributed by atoms with van der Waals surface area (Å²) >= 11 is 0. The van der Waals surface area contributed by atoms with Crippen molar-refractivity contribution in [3.63, 3.8) is 0 Å². The van der Waals surface area contributed by atoms with E-state index in [1.807, 2.05) is 0 Å². The molecule has 5 rings (SSSR count). The molecule has 2 aromatic carbocycles. The average Bonchev–Trinajstić information content (AvgIpc) is 3.54. The van der Waals surface area contributed by atoms with Gasteiger partial charge in [-0.1, -0.05) is 18.2 Å². The Morgan fingerprint density at radius 1 is 1.00 bits per heavy atom. The molecule has 3 heterocycles. The first-order valence-electron chi connectivity index (χ1n) is 10.7. The third-order valence-corrected chi connectivity index (χ3v) is 5.77. The summed E-state index contributed by atoms with van der Waals surface area (Å²) in [6.45, 7) is 0.150. The lowest BCUT2D eigenvalue weighted by Crippen LogP contribution is -2.46. The molecular formula is C25H18F2N4O4. The fourth-order valence-corrected chi connectivity index (χ4v) is 4.02. The van der Waals surface area contributed by atoms with E-state index in [-0.39, 0.29) is 24.2 Å². The van der Waals surface area contributed by atoms with Crippen LogP contribution in [0.3, 0.4) is 0 Å². The predicted octanol–water partition coefficient (Wildman–Crippen LogP) is 3.59. The minimum absolute atomic E-state index is 0.150. The van der Waals surface area contributed by atoms with Crippen LogP contribution in [0, 0.1) is 17.6 Å². The molecule has 0 spiro atoms. The number of anilines is 1. The molecule has 1 unspecified atom stereocenters. The normalized spacial score (nSPS) is 15.4. The van der Waals surface area contributed by atoms with Crippen LogP contribution in [0.4, 0.5) is 14.5 Å². The molecule has 0 saturated carbocycles. The monoisotopic (exact) mass is 476 g/mol. The summed E-state index contributed by atoms with van der Waals surface area (Å²) in [5, 5.41) is 0.566. The zero-order valence-corrected chi connectivity index (χ0v) is 18.1. The van der Waals surface area contributed by atoms with E-state index >= 15 is 0 Å². The van der Waals surface area contributed by atoms with Gasteiger partial charge in [0.15, 0.2) is 17.4 Å². The Morgan fingerprint density at radius 3 is 2.60 bits per heavy atom. The second-order valence-corrected chi connectivity index (χ2v) is 7.92. The number of carbonyl (C=O) groups excluding carboxylic acids is 3. The van der Waals surface area contributed by atoms with Crippen molar-refractivity contribution in [3.8, 4) is 11.5 Å². The van der Waals surface area contributed by atoms with E-state index in [1.54, 1.807) is 42.5 Å². The molecule has 1 atom stereocenters. The lowest BCUT2D eigenvalue weighted by Gasteiger charge is -2.17. The lowest BCUT2D eigenvalue weighted by atomic mass is 10.1. The van der Waals surface area contributed by atoms with Gasteiger partial charge in [0.05, 0.1) is 17.3 Å². The molecular weight excluding hydrogens is 458 g/mol. The van der Waals surface area contributed by atoms with Crippen LogP contribution in [0.15, 0.2) is 71.3 Å². The first-order chi connectivity index (χ1) is 16.9. The van der Waals surface area contributed by atoms with E-state index in [4.69, 9.17) is 4.42 Å². The van der Waals surface area contributed by atoms with Gasteiger partial charge in [-0.3, -0.25) is 25.2 Å². The second kappa shape index (κ2) is 8.98. The van der Waals surface area contributed by atoms with Crippen LogP contribution < -0.4 is 15.8 Å². The zero-order chi connectivity index (χ0) is 24.5. The van der Waals surface area contributed by atoms with Crippen molar-refractivity contribution in [2.45, 2.75) is 6.42 Å². The molecule has 4 aromatic rings. The van der Waals surface area contributed by atoms with E-state index in [9.17, 15) is 23.2 Å². The van der Waals surface area contributed by atoms with Gasteiger partial charge < -0.3 is 9.32 Å². The highest BCUT2D eigenvalue weighted by atomic mass is 19.2. The summed E-state index contributed by atoms with van der Waals surface area (Å²) in [4.78, 5) is 44.1. The number of hydrogen-bond donors (Lipinski definition) is 2. The second-order valence-electron chi connectivity index (χ2n) is 7.92. The number of furan rings is 1. The summed E-state index contributed by atoms with van der Waals surface area (Å²) in [5.74, 6) is -4.62. The molecule has 35 heavy (non-hydrogen) atoms. The number of para-hydroxylation sites is 1. The van der Waals surface area contributed by atoms with E-state index in [0.717, 1.165) is 12.1 Å². The van der Waals surface area contributed by atoms with Crippen LogP contribution in [0.25, 0.3) is 22.4 Å². The number of nitrogens with zero attached hydrogens (tertiary/aromatic N) is 2. The maximum Gasteiger partial charge on any atom is 0.270 e. The lowest BCUT2D eigenvalue weighted by molar-refractivity contribution is -0.132. The number of carbonyl (C=O) groups is 3. The van der Waals surface area contributed by atoms with Gasteiger partial charge in [-0.15, -0.1) is 0 Å². The molecule has 8 nitrogen and oxygen atoms in total. The number of nitrogens with one attached hydrogen (secondary N) is 2. The van der Waals surface area contributed by atoms with Crippen molar-refractivity contribution in [3.05, 3.63) is 84.1 Å². The Labute approximate surface area is 197 Å². The standard InChI is InChI=1S/C25H18F2N4O4/c26-18-8-7-14(12-19(18)27)31-10-9-16(25(31)34)23(32)29-30-24(33)17-13-21(22-6-3-11-35-22)28-20-5-2-1-4-15(17)20/h1-8,11-13,16H,9-10H2,(H,29,32)(H,30,33). The topological polar surface area (TPSA) is 105 Å². The quantitative estimate of drug-likeness (QED) is 0.346. The van der Waals surface area contributed by atoms with Gasteiger partial charge in [-0.25, -0.2) is 13.8 Å². The van der Waals surface area contributed by atoms with Gasteiger partial charge in [0.25, 0.3) is 11.8 Å². The summed E-state index contributed by atoms with van der Waals surface area (Å²) in [5.41, 5.74) is 6.07. The van der Waals surface area contributed by atoms with Crippen molar-refractivity contribution in [1.29, 1.82) is 0 Å². The van der Waals surface area contributed by atoms with Crippen molar-refractivity contribution in [1.82, 2.24) is 15.8 Å². The third kappa shape index (κ3) is 4.21. The molecule has 1 aliphatic rings. The highest BCUT2D eigenvalue weighted by Crippen LogP contribution is 2.27. The Balaban J connectivity index is 1.31. The van der Waals surface area contributed by atoms with Crippen LogP contribution in [0.2, 0.25) is 0 Å². The zero-order valence-electron chi connectivity index (χ0n) is 18.1. The Morgan fingerprint density at radius 2 is 1.83 bits per heavy atom. The third-order valence-electron chi connectivity index (χ3n) is 5.77. The molecule has 0 aliphatic carbocycles. The van der Waals surface area contributed by atoms with E-state index in [2.05, 4.69) is 15.8 Å². The molecule has 10 heteroatoms. The van der Waals surface area contributed by atoms with Crippen molar-refractivity contribution in [2.75, 3.05) is 11.4 Å². The van der Waals surface area contributed by atoms with Gasteiger partial charge in [0.2, 0.25) is 5.91 Å². The fourth-order valence-electron chi connectivity index (χ4n) is 4.02. The van der Waals surface area contributed by atoms with E-state index in [0.29, 0.717) is 22.4 Å². The Hall–Kier alpha value is -4.60. The summed E-state index contributed by atoms with van der Waals surface area (Å²) in [6.07, 6.45) is 1.65. The number of rotatable bonds is 4. The Kier molecular flexibility index (Phi) is 5.69. The predicted molar refractivity (Wildman–Crippen MR) is 122 cm³/mol. The van der Waals surface area contributed by atoms with Gasteiger partial charge in [-0.2, -0.15) is 0 Å². The number of benzene rings is 2. The SMILES string of the molecule is O=C(NNC(=O)C1CCN(c2ccc(F)c(F)c2)C1=O)c1cc(-c2ccco2)nc2ccccc12. The van der Waals surface area contributed by atoms with Crippen LogP contribution >= 0.6 is 0 Å². The van der Waals surface area contributed by atoms with Gasteiger partial charge in [0.1, 0.15) is 11.6 Å². The minimum atomic E-state index is -1.09. The molecule has 1 saturated heterocycles. The average molecular weight is 476 g/mol. The molecule has 2 aromatic heterocycles. The first kappa shape index (κ1) is 22.2. The number of amides is 3. The smallest absolute Gasteiger partial charge is 0.270 e. The van der Waals surface area contributed by atoms with E-state index < -0.39 is 35.3 Å². The number of pyridine rings is 1. The molecule has 0 bridgehead atoms. The maximum absolute atomic E-state index is 13.6. The molecule has 2 N–H and O–H groups in total. The van der Waals surface area contributed by atoms with Gasteiger partial charge >= 0.3 is 0 Å². The number of fused-ring (bicyclic) bond motifs is 1. The molecule has 1 aliphatic heterocycles. The number of halogens is 2. The molecule has 0 radical (unpaired) electrons. The first-order valence-corrected chi connectivity index (χ1v) is 10.7. The van der Waals surface area contributed by atoms with E-state index in [1.165, 1.54) is 17.2 Å². The Bertz CT molecular complexity index is 1460. The van der Waals surface area contributed by atoms with Crippen LogP contribution in [-0.4, -0.2) is 29.3 Å². The van der Waals surface area contributed by atoms with Crippen LogP contribution in [0.1, 0.15) is 16.8 Å². The van der Waals surface area contributed by atoms with Crippen molar-refractivity contribution < 1.29 is 27.6 Å². The van der Waals surface area contributed by atoms with Crippen LogP contribution in [0.5, 0.6) is 0 Å². The minimum Gasteiger partial charge on any atom is -0.463 e. The van der Waals surface area contributed by atoms with Crippen molar-refractivity contribution in [2.24, 2.45) is 5.92 Å². The largest absolute Gasteiger partial charge is 0.463 e. The number of hydrazine groups is 1. The fraction of sp³-hybridized carbons (Fsp3) is 0.120. The number of aromatic nitrogens is 1. The summed E-state index contributed by atoms with van der Waals surface area (Å²) in [6, 6.07) is 15.1. The van der Waals surface area contributed by atoms with Gasteiger partial charge in [0, 0.05) is 23.7 Å².